The molecule has 1 aromatic rings. The zero-order valence-corrected chi connectivity index (χ0v) is 11.1. The standard InChI is InChI=1S/C12H14BrN3O/c1-8-11(6-14)12(17)16(15-8)7-9-2-4-10(13)5-3-9/h2-5,11H,6-7,14H2,1H3. The van der Waals surface area contributed by atoms with Gasteiger partial charge in [0.05, 0.1) is 12.5 Å². The fraction of sp³-hybridized carbons (Fsp3) is 0.333. The molecule has 1 aliphatic rings. The van der Waals surface area contributed by atoms with Crippen LogP contribution in [0.4, 0.5) is 0 Å². The van der Waals surface area contributed by atoms with E-state index in [1.54, 1.807) is 0 Å². The zero-order valence-electron chi connectivity index (χ0n) is 9.56. The van der Waals surface area contributed by atoms with Gasteiger partial charge in [0.25, 0.3) is 5.91 Å². The van der Waals surface area contributed by atoms with Crippen LogP contribution in [0.25, 0.3) is 0 Å². The van der Waals surface area contributed by atoms with Crippen molar-refractivity contribution in [3.8, 4) is 0 Å². The number of halogens is 1. The Kier molecular flexibility index (Phi) is 3.59. The Balaban J connectivity index is 2.10. The lowest BCUT2D eigenvalue weighted by molar-refractivity contribution is -0.132. The normalized spacial score (nSPS) is 19.7. The van der Waals surface area contributed by atoms with E-state index in [2.05, 4.69) is 21.0 Å². The predicted molar refractivity (Wildman–Crippen MR) is 70.3 cm³/mol. The maximum atomic E-state index is 11.9. The number of benzene rings is 1. The van der Waals surface area contributed by atoms with Crippen LogP contribution in [-0.2, 0) is 11.3 Å². The molecule has 1 heterocycles. The maximum Gasteiger partial charge on any atom is 0.253 e. The predicted octanol–water partition coefficient (Wildman–Crippen LogP) is 1.74. The lowest BCUT2D eigenvalue weighted by Crippen LogP contribution is -2.31. The van der Waals surface area contributed by atoms with Gasteiger partial charge in [-0.2, -0.15) is 5.10 Å². The largest absolute Gasteiger partial charge is 0.329 e. The first-order valence-corrected chi connectivity index (χ1v) is 6.22. The molecule has 2 rings (SSSR count). The van der Waals surface area contributed by atoms with E-state index < -0.39 is 0 Å². The van der Waals surface area contributed by atoms with E-state index in [4.69, 9.17) is 5.73 Å². The fourth-order valence-electron chi connectivity index (χ4n) is 1.82. The topological polar surface area (TPSA) is 58.7 Å². The maximum absolute atomic E-state index is 11.9. The molecule has 0 radical (unpaired) electrons. The van der Waals surface area contributed by atoms with Gasteiger partial charge in [-0.1, -0.05) is 28.1 Å². The third-order valence-electron chi connectivity index (χ3n) is 2.82. The number of carbonyl (C=O) groups is 1. The van der Waals surface area contributed by atoms with Crippen molar-refractivity contribution in [2.24, 2.45) is 16.8 Å². The molecule has 0 saturated carbocycles. The highest BCUT2D eigenvalue weighted by Gasteiger charge is 2.31. The molecule has 1 aromatic carbocycles. The third kappa shape index (κ3) is 2.56. The van der Waals surface area contributed by atoms with E-state index in [0.29, 0.717) is 13.1 Å². The molecule has 2 N–H and O–H groups in total. The first-order chi connectivity index (χ1) is 8.11. The Bertz CT molecular complexity index is 455. The molecule has 0 fully saturated rings. The smallest absolute Gasteiger partial charge is 0.253 e. The van der Waals surface area contributed by atoms with Crippen LogP contribution in [0.3, 0.4) is 0 Å². The molecule has 4 nitrogen and oxygen atoms in total. The highest BCUT2D eigenvalue weighted by Crippen LogP contribution is 2.18. The van der Waals surface area contributed by atoms with Crippen LogP contribution in [0, 0.1) is 5.92 Å². The Morgan fingerprint density at radius 3 is 2.59 bits per heavy atom. The second-order valence-electron chi connectivity index (χ2n) is 4.05. The second kappa shape index (κ2) is 4.98. The van der Waals surface area contributed by atoms with Crippen LogP contribution in [0.5, 0.6) is 0 Å². The van der Waals surface area contributed by atoms with Crippen molar-refractivity contribution >= 4 is 27.5 Å². The van der Waals surface area contributed by atoms with Crippen molar-refractivity contribution < 1.29 is 4.79 Å². The average molecular weight is 296 g/mol. The van der Waals surface area contributed by atoms with E-state index in [9.17, 15) is 4.79 Å². The molecular formula is C12H14BrN3O. The number of amides is 1. The molecule has 0 saturated heterocycles. The minimum absolute atomic E-state index is 0.00656. The molecule has 1 atom stereocenters. The molecule has 5 heteroatoms. The van der Waals surface area contributed by atoms with Gasteiger partial charge < -0.3 is 5.73 Å². The van der Waals surface area contributed by atoms with Crippen molar-refractivity contribution in [3.63, 3.8) is 0 Å². The molecule has 1 unspecified atom stereocenters. The van der Waals surface area contributed by atoms with Crippen molar-refractivity contribution in [3.05, 3.63) is 34.3 Å². The van der Waals surface area contributed by atoms with Crippen LogP contribution in [0.2, 0.25) is 0 Å². The van der Waals surface area contributed by atoms with Gasteiger partial charge in [0, 0.05) is 16.7 Å². The quantitative estimate of drug-likeness (QED) is 0.923. The lowest BCUT2D eigenvalue weighted by Gasteiger charge is -2.13. The van der Waals surface area contributed by atoms with Gasteiger partial charge in [0.2, 0.25) is 0 Å². The summed E-state index contributed by atoms with van der Waals surface area (Å²) in [6.45, 7) is 2.67. The van der Waals surface area contributed by atoms with Crippen LogP contribution in [0.15, 0.2) is 33.8 Å². The molecular weight excluding hydrogens is 282 g/mol. The number of hydrogen-bond donors (Lipinski definition) is 1. The monoisotopic (exact) mass is 295 g/mol. The zero-order chi connectivity index (χ0) is 12.4. The summed E-state index contributed by atoms with van der Waals surface area (Å²) >= 11 is 3.38. The van der Waals surface area contributed by atoms with E-state index in [1.807, 2.05) is 31.2 Å². The number of nitrogens with two attached hydrogens (primary N) is 1. The minimum atomic E-state index is -0.245. The second-order valence-corrected chi connectivity index (χ2v) is 4.97. The van der Waals surface area contributed by atoms with Crippen molar-refractivity contribution in [2.75, 3.05) is 6.54 Å². The summed E-state index contributed by atoms with van der Waals surface area (Å²) in [5.74, 6) is -0.252. The summed E-state index contributed by atoms with van der Waals surface area (Å²) in [7, 11) is 0. The average Bonchev–Trinajstić information content (AvgIpc) is 2.57. The molecule has 0 aliphatic carbocycles. The molecule has 1 aliphatic heterocycles. The van der Waals surface area contributed by atoms with E-state index in [-0.39, 0.29) is 11.8 Å². The SMILES string of the molecule is CC1=NN(Cc2ccc(Br)cc2)C(=O)C1CN. The van der Waals surface area contributed by atoms with Gasteiger partial charge in [-0.05, 0) is 24.6 Å². The Labute approximate surface area is 109 Å². The molecule has 0 aromatic heterocycles. The first-order valence-electron chi connectivity index (χ1n) is 5.43. The van der Waals surface area contributed by atoms with Gasteiger partial charge in [0.15, 0.2) is 0 Å². The van der Waals surface area contributed by atoms with Crippen LogP contribution >= 0.6 is 15.9 Å². The summed E-state index contributed by atoms with van der Waals surface area (Å²) < 4.78 is 1.02. The number of hydrogen-bond acceptors (Lipinski definition) is 3. The van der Waals surface area contributed by atoms with E-state index in [1.165, 1.54) is 5.01 Å². The van der Waals surface area contributed by atoms with Gasteiger partial charge in [-0.15, -0.1) is 0 Å². The van der Waals surface area contributed by atoms with Crippen molar-refractivity contribution in [1.29, 1.82) is 0 Å². The molecule has 17 heavy (non-hydrogen) atoms. The summed E-state index contributed by atoms with van der Waals surface area (Å²) in [6, 6.07) is 7.84. The number of rotatable bonds is 3. The van der Waals surface area contributed by atoms with E-state index in [0.717, 1.165) is 15.7 Å². The first kappa shape index (κ1) is 12.3. The van der Waals surface area contributed by atoms with Crippen molar-refractivity contribution in [1.82, 2.24) is 5.01 Å². The highest BCUT2D eigenvalue weighted by atomic mass is 79.9. The Morgan fingerprint density at radius 2 is 2.06 bits per heavy atom. The number of hydrazone groups is 1. The molecule has 90 valence electrons. The lowest BCUT2D eigenvalue weighted by atomic mass is 10.1. The van der Waals surface area contributed by atoms with Crippen LogP contribution < -0.4 is 5.73 Å². The fourth-order valence-corrected chi connectivity index (χ4v) is 2.08. The van der Waals surface area contributed by atoms with Gasteiger partial charge in [-0.25, -0.2) is 5.01 Å². The molecule has 0 bridgehead atoms. The van der Waals surface area contributed by atoms with Crippen LogP contribution in [-0.4, -0.2) is 23.2 Å². The summed E-state index contributed by atoms with van der Waals surface area (Å²) in [5, 5.41) is 5.74. The minimum Gasteiger partial charge on any atom is -0.329 e. The summed E-state index contributed by atoms with van der Waals surface area (Å²) in [6.07, 6.45) is 0. The Morgan fingerprint density at radius 1 is 1.41 bits per heavy atom. The van der Waals surface area contributed by atoms with Gasteiger partial charge in [0.1, 0.15) is 0 Å². The molecule has 0 spiro atoms. The van der Waals surface area contributed by atoms with E-state index >= 15 is 0 Å². The molecule has 1 amide bonds. The van der Waals surface area contributed by atoms with Gasteiger partial charge in [-0.3, -0.25) is 4.79 Å². The number of nitrogens with zero attached hydrogens (tertiary/aromatic N) is 2. The van der Waals surface area contributed by atoms with Crippen LogP contribution in [0.1, 0.15) is 12.5 Å². The van der Waals surface area contributed by atoms with Crippen molar-refractivity contribution in [2.45, 2.75) is 13.5 Å². The van der Waals surface area contributed by atoms with Gasteiger partial charge >= 0.3 is 0 Å². The highest BCUT2D eigenvalue weighted by molar-refractivity contribution is 9.10. The number of carbonyl (C=O) groups excluding carboxylic acids is 1. The summed E-state index contributed by atoms with van der Waals surface area (Å²) in [5.41, 5.74) is 7.41. The Hall–Kier alpha value is -1.20. The third-order valence-corrected chi connectivity index (χ3v) is 3.35. The summed E-state index contributed by atoms with van der Waals surface area (Å²) in [4.78, 5) is 11.9.